The fraction of sp³-hybridized carbons (Fsp3) is 0.278. The van der Waals surface area contributed by atoms with Gasteiger partial charge in [0.15, 0.2) is 0 Å². The van der Waals surface area contributed by atoms with E-state index in [2.05, 4.69) is 5.32 Å². The highest BCUT2D eigenvalue weighted by Gasteiger charge is 2.27. The number of hydrogen-bond acceptors (Lipinski definition) is 2. The fourth-order valence-corrected chi connectivity index (χ4v) is 3.12. The Bertz CT molecular complexity index is 733. The molecule has 2 atom stereocenters. The molecule has 0 aliphatic carbocycles. The van der Waals surface area contributed by atoms with Crippen LogP contribution in [0, 0.1) is 5.92 Å². The first-order chi connectivity index (χ1) is 11.0. The number of halogens is 2. The number of benzene rings is 2. The lowest BCUT2D eigenvalue weighted by molar-refractivity contribution is -0.126. The van der Waals surface area contributed by atoms with Gasteiger partial charge in [-0.25, -0.2) is 0 Å². The molecular formula is C18H17Cl2NO2. The number of nitrogens with one attached hydrogen (secondary N) is 1. The van der Waals surface area contributed by atoms with Crippen molar-refractivity contribution in [2.45, 2.75) is 19.4 Å². The molecule has 1 aliphatic rings. The normalized spacial score (nSPS) is 17.8. The van der Waals surface area contributed by atoms with Crippen LogP contribution in [0.2, 0.25) is 10.0 Å². The van der Waals surface area contributed by atoms with Gasteiger partial charge >= 0.3 is 0 Å². The molecule has 0 radical (unpaired) electrons. The lowest BCUT2D eigenvalue weighted by atomic mass is 9.95. The Hall–Kier alpha value is -1.71. The van der Waals surface area contributed by atoms with Crippen molar-refractivity contribution in [3.05, 3.63) is 63.6 Å². The monoisotopic (exact) mass is 349 g/mol. The smallest absolute Gasteiger partial charge is 0.227 e. The highest BCUT2D eigenvalue weighted by molar-refractivity contribution is 6.30. The Balaban J connectivity index is 1.67. The lowest BCUT2D eigenvalue weighted by Gasteiger charge is -2.26. The average molecular weight is 350 g/mol. The van der Waals surface area contributed by atoms with E-state index in [-0.39, 0.29) is 17.9 Å². The highest BCUT2D eigenvalue weighted by Crippen LogP contribution is 2.30. The molecule has 1 heterocycles. The van der Waals surface area contributed by atoms with Gasteiger partial charge in [0.2, 0.25) is 5.91 Å². The molecule has 1 N–H and O–H groups in total. The molecule has 2 aromatic carbocycles. The molecule has 0 spiro atoms. The van der Waals surface area contributed by atoms with Crippen LogP contribution in [0.15, 0.2) is 42.5 Å². The number of hydrogen-bond donors (Lipinski definition) is 1. The van der Waals surface area contributed by atoms with Crippen molar-refractivity contribution < 1.29 is 9.53 Å². The molecule has 0 saturated heterocycles. The summed E-state index contributed by atoms with van der Waals surface area (Å²) in [5.74, 6) is 0.562. The van der Waals surface area contributed by atoms with E-state index in [4.69, 9.17) is 27.9 Å². The van der Waals surface area contributed by atoms with Crippen LogP contribution < -0.4 is 10.1 Å². The number of carbonyl (C=O) groups is 1. The van der Waals surface area contributed by atoms with Crippen molar-refractivity contribution in [3.8, 4) is 5.75 Å². The third-order valence-electron chi connectivity index (χ3n) is 4.01. The van der Waals surface area contributed by atoms with Crippen LogP contribution in [0.25, 0.3) is 0 Å². The van der Waals surface area contributed by atoms with Gasteiger partial charge in [-0.3, -0.25) is 4.79 Å². The van der Waals surface area contributed by atoms with Gasteiger partial charge in [0.25, 0.3) is 0 Å². The van der Waals surface area contributed by atoms with E-state index in [1.165, 1.54) is 0 Å². The van der Waals surface area contributed by atoms with E-state index in [1.807, 2.05) is 43.3 Å². The Morgan fingerprint density at radius 3 is 2.78 bits per heavy atom. The van der Waals surface area contributed by atoms with E-state index >= 15 is 0 Å². The standard InChI is InChI=1S/C18H17Cl2NO2/c1-11(12-3-2-4-15(19)8-12)21-18(22)14-7-13-9-16(20)5-6-17(13)23-10-14/h2-6,8-9,11,14H,7,10H2,1H3,(H,21,22). The summed E-state index contributed by atoms with van der Waals surface area (Å²) in [4.78, 5) is 12.5. The number of fused-ring (bicyclic) bond motifs is 1. The minimum absolute atomic E-state index is 0.0249. The van der Waals surface area contributed by atoms with Crippen molar-refractivity contribution in [1.82, 2.24) is 5.32 Å². The Kier molecular flexibility index (Phi) is 4.79. The quantitative estimate of drug-likeness (QED) is 0.890. The molecule has 3 nitrogen and oxygen atoms in total. The van der Waals surface area contributed by atoms with Crippen LogP contribution in [-0.4, -0.2) is 12.5 Å². The summed E-state index contributed by atoms with van der Waals surface area (Å²) in [6.07, 6.45) is 0.629. The summed E-state index contributed by atoms with van der Waals surface area (Å²) in [6.45, 7) is 2.32. The molecule has 2 unspecified atom stereocenters. The largest absolute Gasteiger partial charge is 0.492 e. The SMILES string of the molecule is CC(NC(=O)C1COc2ccc(Cl)cc2C1)c1cccc(Cl)c1. The zero-order valence-electron chi connectivity index (χ0n) is 12.7. The first kappa shape index (κ1) is 16.2. The maximum Gasteiger partial charge on any atom is 0.227 e. The molecule has 5 heteroatoms. The van der Waals surface area contributed by atoms with Crippen LogP contribution in [-0.2, 0) is 11.2 Å². The van der Waals surface area contributed by atoms with E-state index in [1.54, 1.807) is 6.07 Å². The van der Waals surface area contributed by atoms with Crippen LogP contribution in [0.3, 0.4) is 0 Å². The lowest BCUT2D eigenvalue weighted by Crippen LogP contribution is -2.38. The summed E-state index contributed by atoms with van der Waals surface area (Å²) < 4.78 is 5.68. The van der Waals surface area contributed by atoms with Gasteiger partial charge in [0, 0.05) is 10.0 Å². The van der Waals surface area contributed by atoms with Crippen molar-refractivity contribution >= 4 is 29.1 Å². The van der Waals surface area contributed by atoms with Gasteiger partial charge in [-0.05, 0) is 54.8 Å². The highest BCUT2D eigenvalue weighted by atomic mass is 35.5. The second-order valence-electron chi connectivity index (χ2n) is 5.75. The van der Waals surface area contributed by atoms with Gasteiger partial charge in [0.05, 0.1) is 12.0 Å². The molecule has 1 aliphatic heterocycles. The average Bonchev–Trinajstić information content (AvgIpc) is 2.54. The molecule has 1 amide bonds. The number of rotatable bonds is 3. The third kappa shape index (κ3) is 3.80. The van der Waals surface area contributed by atoms with E-state index in [0.717, 1.165) is 16.9 Å². The summed E-state index contributed by atoms with van der Waals surface area (Å²) in [6, 6.07) is 12.9. The van der Waals surface area contributed by atoms with E-state index in [0.29, 0.717) is 23.1 Å². The molecular weight excluding hydrogens is 333 g/mol. The zero-order valence-corrected chi connectivity index (χ0v) is 14.2. The van der Waals surface area contributed by atoms with Gasteiger partial charge in [-0.15, -0.1) is 0 Å². The van der Waals surface area contributed by atoms with Gasteiger partial charge in [0.1, 0.15) is 12.4 Å². The van der Waals surface area contributed by atoms with Crippen LogP contribution in [0.5, 0.6) is 5.75 Å². The van der Waals surface area contributed by atoms with Gasteiger partial charge < -0.3 is 10.1 Å². The predicted molar refractivity (Wildman–Crippen MR) is 92.2 cm³/mol. The Labute approximate surface area is 145 Å². The molecule has 0 fully saturated rings. The van der Waals surface area contributed by atoms with E-state index < -0.39 is 0 Å². The fourth-order valence-electron chi connectivity index (χ4n) is 2.72. The molecule has 0 saturated carbocycles. The molecule has 2 aromatic rings. The predicted octanol–water partition coefficient (Wildman–Crippen LogP) is 4.42. The van der Waals surface area contributed by atoms with Crippen molar-refractivity contribution in [3.63, 3.8) is 0 Å². The Morgan fingerprint density at radius 1 is 1.22 bits per heavy atom. The minimum atomic E-state index is -0.220. The number of carbonyl (C=O) groups excluding carboxylic acids is 1. The van der Waals surface area contributed by atoms with Crippen LogP contribution >= 0.6 is 23.2 Å². The van der Waals surface area contributed by atoms with Gasteiger partial charge in [-0.2, -0.15) is 0 Å². The van der Waals surface area contributed by atoms with Crippen LogP contribution in [0.4, 0.5) is 0 Å². The number of ether oxygens (including phenoxy) is 1. The summed E-state index contributed by atoms with van der Waals surface area (Å²) in [7, 11) is 0. The molecule has 3 rings (SSSR count). The molecule has 120 valence electrons. The molecule has 23 heavy (non-hydrogen) atoms. The van der Waals surface area contributed by atoms with E-state index in [9.17, 15) is 4.79 Å². The second-order valence-corrected chi connectivity index (χ2v) is 6.62. The maximum absolute atomic E-state index is 12.5. The zero-order chi connectivity index (χ0) is 16.4. The summed E-state index contributed by atoms with van der Waals surface area (Å²) >= 11 is 12.0. The number of amides is 1. The molecule has 0 aromatic heterocycles. The third-order valence-corrected chi connectivity index (χ3v) is 4.48. The minimum Gasteiger partial charge on any atom is -0.492 e. The first-order valence-electron chi connectivity index (χ1n) is 7.50. The van der Waals surface area contributed by atoms with Crippen molar-refractivity contribution in [2.24, 2.45) is 5.92 Å². The molecule has 0 bridgehead atoms. The second kappa shape index (κ2) is 6.81. The van der Waals surface area contributed by atoms with Gasteiger partial charge in [-0.1, -0.05) is 35.3 Å². The van der Waals surface area contributed by atoms with Crippen molar-refractivity contribution in [2.75, 3.05) is 6.61 Å². The maximum atomic E-state index is 12.5. The Morgan fingerprint density at radius 2 is 2.00 bits per heavy atom. The topological polar surface area (TPSA) is 38.3 Å². The summed E-state index contributed by atoms with van der Waals surface area (Å²) in [5, 5.41) is 4.34. The summed E-state index contributed by atoms with van der Waals surface area (Å²) in [5.41, 5.74) is 1.95. The van der Waals surface area contributed by atoms with Crippen molar-refractivity contribution in [1.29, 1.82) is 0 Å². The first-order valence-corrected chi connectivity index (χ1v) is 8.25. The van der Waals surface area contributed by atoms with Crippen LogP contribution in [0.1, 0.15) is 24.1 Å².